The maximum Gasteiger partial charge on any atom is 0.148 e. The summed E-state index contributed by atoms with van der Waals surface area (Å²) in [5.41, 5.74) is 7.92. The minimum Gasteiger partial charge on any atom is -0.394 e. The molecule has 2 rings (SSSR count). The van der Waals surface area contributed by atoms with Crippen molar-refractivity contribution in [2.45, 2.75) is 64.3 Å². The smallest absolute Gasteiger partial charge is 0.148 e. The lowest BCUT2D eigenvalue weighted by Crippen LogP contribution is -2.28. The van der Waals surface area contributed by atoms with Gasteiger partial charge in [0.2, 0.25) is 0 Å². The summed E-state index contributed by atoms with van der Waals surface area (Å²) in [4.78, 5) is 0. The lowest BCUT2D eigenvalue weighted by molar-refractivity contribution is 0.530. The molecule has 0 aromatic carbocycles. The van der Waals surface area contributed by atoms with Crippen LogP contribution in [0.4, 0.5) is 11.5 Å². The molecule has 2 unspecified atom stereocenters. The molecule has 1 aromatic rings. The van der Waals surface area contributed by atoms with Crippen LogP contribution in [0.2, 0.25) is 0 Å². The summed E-state index contributed by atoms with van der Waals surface area (Å²) in [7, 11) is 0. The summed E-state index contributed by atoms with van der Waals surface area (Å²) in [6.45, 7) is 8.50. The summed E-state index contributed by atoms with van der Waals surface area (Å²) in [6, 6.07) is 0.859. The molecule has 0 bridgehead atoms. The van der Waals surface area contributed by atoms with E-state index < -0.39 is 0 Å². The number of hydrogen-bond acceptors (Lipinski definition) is 4. The molecule has 1 aliphatic carbocycles. The SMILES string of the molecule is CCSC1CCCC1Nc1c(N)c(C)nn1C(C)C. The molecule has 19 heavy (non-hydrogen) atoms. The summed E-state index contributed by atoms with van der Waals surface area (Å²) >= 11 is 2.06. The highest BCUT2D eigenvalue weighted by Gasteiger charge is 2.29. The standard InChI is InChI=1S/C14H26N4S/c1-5-19-12-8-6-7-11(12)16-14-13(15)10(4)17-18(14)9(2)3/h9,11-12,16H,5-8,15H2,1-4H3. The highest BCUT2D eigenvalue weighted by molar-refractivity contribution is 7.99. The zero-order valence-corrected chi connectivity index (χ0v) is 13.3. The van der Waals surface area contributed by atoms with Crippen LogP contribution in [0.25, 0.3) is 0 Å². The number of nitrogen functional groups attached to an aromatic ring is 1. The monoisotopic (exact) mass is 282 g/mol. The van der Waals surface area contributed by atoms with E-state index in [9.17, 15) is 0 Å². The van der Waals surface area contributed by atoms with Gasteiger partial charge in [-0.05, 0) is 39.4 Å². The Labute approximate surface area is 120 Å². The van der Waals surface area contributed by atoms with Crippen molar-refractivity contribution >= 4 is 23.3 Å². The Kier molecular flexibility index (Phi) is 4.66. The van der Waals surface area contributed by atoms with Crippen LogP contribution in [-0.4, -0.2) is 26.8 Å². The fourth-order valence-electron chi connectivity index (χ4n) is 2.76. The molecule has 2 atom stereocenters. The Morgan fingerprint density at radius 1 is 1.47 bits per heavy atom. The second-order valence-electron chi connectivity index (χ2n) is 5.56. The van der Waals surface area contributed by atoms with Crippen LogP contribution >= 0.6 is 11.8 Å². The number of hydrogen-bond donors (Lipinski definition) is 2. The first-order valence-electron chi connectivity index (χ1n) is 7.27. The van der Waals surface area contributed by atoms with Crippen LogP contribution in [0.3, 0.4) is 0 Å². The third-order valence-electron chi connectivity index (χ3n) is 3.78. The fourth-order valence-corrected chi connectivity index (χ4v) is 3.96. The minimum atomic E-state index is 0.331. The highest BCUT2D eigenvalue weighted by atomic mass is 32.2. The molecular formula is C14H26N4S. The largest absolute Gasteiger partial charge is 0.394 e. The second kappa shape index (κ2) is 6.07. The first-order valence-corrected chi connectivity index (χ1v) is 8.32. The van der Waals surface area contributed by atoms with E-state index in [0.717, 1.165) is 17.2 Å². The molecule has 3 N–H and O–H groups in total. The first-order chi connectivity index (χ1) is 9.04. The maximum absolute atomic E-state index is 6.19. The molecule has 1 aliphatic rings. The van der Waals surface area contributed by atoms with E-state index >= 15 is 0 Å². The Balaban J connectivity index is 2.18. The van der Waals surface area contributed by atoms with Crippen LogP contribution in [0.1, 0.15) is 51.8 Å². The molecule has 0 amide bonds. The van der Waals surface area contributed by atoms with E-state index in [1.54, 1.807) is 0 Å². The first kappa shape index (κ1) is 14.6. The molecule has 0 spiro atoms. The molecule has 1 saturated carbocycles. The Bertz CT molecular complexity index is 427. The summed E-state index contributed by atoms with van der Waals surface area (Å²) in [5.74, 6) is 2.20. The molecule has 0 radical (unpaired) electrons. The van der Waals surface area contributed by atoms with Crippen molar-refractivity contribution in [3.63, 3.8) is 0 Å². The molecule has 1 aromatic heterocycles. The van der Waals surface area contributed by atoms with Gasteiger partial charge in [0.25, 0.3) is 0 Å². The van der Waals surface area contributed by atoms with Crippen molar-refractivity contribution < 1.29 is 0 Å². The number of nitrogens with two attached hydrogens (primary N) is 1. The molecule has 4 nitrogen and oxygen atoms in total. The topological polar surface area (TPSA) is 55.9 Å². The number of rotatable bonds is 5. The van der Waals surface area contributed by atoms with Crippen molar-refractivity contribution in [3.05, 3.63) is 5.69 Å². The quantitative estimate of drug-likeness (QED) is 0.868. The summed E-state index contributed by atoms with van der Waals surface area (Å²) < 4.78 is 2.02. The predicted molar refractivity (Wildman–Crippen MR) is 84.9 cm³/mol. The number of anilines is 2. The van der Waals surface area contributed by atoms with Crippen LogP contribution in [0.5, 0.6) is 0 Å². The van der Waals surface area contributed by atoms with Crippen LogP contribution in [0, 0.1) is 6.92 Å². The normalized spacial score (nSPS) is 23.2. The molecule has 1 heterocycles. The van der Waals surface area contributed by atoms with Gasteiger partial charge < -0.3 is 11.1 Å². The van der Waals surface area contributed by atoms with Gasteiger partial charge >= 0.3 is 0 Å². The van der Waals surface area contributed by atoms with Gasteiger partial charge in [0.15, 0.2) is 0 Å². The van der Waals surface area contributed by atoms with Crippen molar-refractivity contribution in [2.75, 3.05) is 16.8 Å². The Morgan fingerprint density at radius 3 is 2.84 bits per heavy atom. The van der Waals surface area contributed by atoms with Gasteiger partial charge in [0, 0.05) is 17.3 Å². The zero-order chi connectivity index (χ0) is 14.0. The number of nitrogens with one attached hydrogen (secondary N) is 1. The van der Waals surface area contributed by atoms with E-state index in [2.05, 4.69) is 42.9 Å². The van der Waals surface area contributed by atoms with Gasteiger partial charge in [-0.1, -0.05) is 13.3 Å². The maximum atomic E-state index is 6.19. The van der Waals surface area contributed by atoms with Gasteiger partial charge in [0.1, 0.15) is 5.82 Å². The predicted octanol–water partition coefficient (Wildman–Crippen LogP) is 3.44. The van der Waals surface area contributed by atoms with Gasteiger partial charge in [-0.3, -0.25) is 0 Å². The minimum absolute atomic E-state index is 0.331. The lowest BCUT2D eigenvalue weighted by atomic mass is 10.2. The van der Waals surface area contributed by atoms with E-state index in [4.69, 9.17) is 5.73 Å². The molecule has 108 valence electrons. The highest BCUT2D eigenvalue weighted by Crippen LogP contribution is 2.34. The number of nitrogens with zero attached hydrogens (tertiary/aromatic N) is 2. The molecule has 0 saturated heterocycles. The van der Waals surface area contributed by atoms with E-state index in [1.807, 2.05) is 11.6 Å². The van der Waals surface area contributed by atoms with E-state index in [0.29, 0.717) is 17.3 Å². The van der Waals surface area contributed by atoms with Crippen molar-refractivity contribution in [2.24, 2.45) is 0 Å². The van der Waals surface area contributed by atoms with E-state index in [1.165, 1.54) is 25.0 Å². The van der Waals surface area contributed by atoms with Crippen molar-refractivity contribution in [1.82, 2.24) is 9.78 Å². The Morgan fingerprint density at radius 2 is 2.21 bits per heavy atom. The van der Waals surface area contributed by atoms with E-state index in [-0.39, 0.29) is 0 Å². The molecular weight excluding hydrogens is 256 g/mol. The summed E-state index contributed by atoms with van der Waals surface area (Å²) in [6.07, 6.45) is 3.86. The van der Waals surface area contributed by atoms with Crippen LogP contribution < -0.4 is 11.1 Å². The van der Waals surface area contributed by atoms with Crippen molar-refractivity contribution in [1.29, 1.82) is 0 Å². The van der Waals surface area contributed by atoms with Crippen LogP contribution in [-0.2, 0) is 0 Å². The molecule has 0 aliphatic heterocycles. The third kappa shape index (κ3) is 3.02. The van der Waals surface area contributed by atoms with Gasteiger partial charge in [0.05, 0.1) is 11.4 Å². The van der Waals surface area contributed by atoms with Gasteiger partial charge in [-0.2, -0.15) is 16.9 Å². The summed E-state index contributed by atoms with van der Waals surface area (Å²) in [5, 5.41) is 8.92. The number of aryl methyl sites for hydroxylation is 1. The molecule has 5 heteroatoms. The number of aromatic nitrogens is 2. The van der Waals surface area contributed by atoms with Gasteiger partial charge in [-0.15, -0.1) is 0 Å². The second-order valence-corrected chi connectivity index (χ2v) is 7.08. The number of thioether (sulfide) groups is 1. The average Bonchev–Trinajstić information content (AvgIpc) is 2.90. The Hall–Kier alpha value is -0.840. The van der Waals surface area contributed by atoms with Crippen molar-refractivity contribution in [3.8, 4) is 0 Å². The zero-order valence-electron chi connectivity index (χ0n) is 12.4. The van der Waals surface area contributed by atoms with Crippen LogP contribution in [0.15, 0.2) is 0 Å². The average molecular weight is 282 g/mol. The third-order valence-corrected chi connectivity index (χ3v) is 5.10. The fraction of sp³-hybridized carbons (Fsp3) is 0.786. The lowest BCUT2D eigenvalue weighted by Gasteiger charge is -2.23. The van der Waals surface area contributed by atoms with Gasteiger partial charge in [-0.25, -0.2) is 4.68 Å². The molecule has 1 fully saturated rings.